The fourth-order valence-electron chi connectivity index (χ4n) is 1.22. The van der Waals surface area contributed by atoms with Gasteiger partial charge in [-0.3, -0.25) is 0 Å². The van der Waals surface area contributed by atoms with Crippen LogP contribution in [0.1, 0.15) is 19.3 Å². The average molecular weight is 617 g/mol. The third-order valence-electron chi connectivity index (χ3n) is 2.36. The molecule has 0 unspecified atom stereocenters. The average Bonchev–Trinajstić information content (AvgIpc) is 2.25. The maximum Gasteiger partial charge on any atom is 0.0311 e. The summed E-state index contributed by atoms with van der Waals surface area (Å²) in [4.78, 5) is 2.14. The van der Waals surface area contributed by atoms with Gasteiger partial charge < -0.3 is 0 Å². The molecule has 15 heavy (non-hydrogen) atoms. The molecule has 1 N–H and O–H groups in total. The van der Waals surface area contributed by atoms with Gasteiger partial charge in [-0.1, -0.05) is 6.42 Å². The molecule has 0 amide bonds. The van der Waals surface area contributed by atoms with Crippen LogP contribution in [0.4, 0.5) is 0 Å². The third-order valence-corrected chi connectivity index (χ3v) is 5.06. The zero-order valence-corrected chi connectivity index (χ0v) is 15.4. The molecule has 2 rings (SSSR count). The Morgan fingerprint density at radius 1 is 1.40 bits per heavy atom. The predicted molar refractivity (Wildman–Crippen MR) is 76.1 cm³/mol. The second-order valence-corrected chi connectivity index (χ2v) is 8.76. The van der Waals surface area contributed by atoms with Crippen molar-refractivity contribution in [1.29, 1.82) is 0 Å². The quantitative estimate of drug-likeness (QED) is 0.356. The Hall–Kier alpha value is 1.86. The molecule has 1 heterocycles. The van der Waals surface area contributed by atoms with Crippen LogP contribution >= 0.6 is 45.7 Å². The van der Waals surface area contributed by atoms with E-state index in [0.29, 0.717) is 0 Å². The van der Waals surface area contributed by atoms with E-state index in [1.165, 1.54) is 23.4 Å². The van der Waals surface area contributed by atoms with Crippen molar-refractivity contribution in [3.8, 4) is 0 Å². The summed E-state index contributed by atoms with van der Waals surface area (Å²) in [5.74, 6) is 0. The third kappa shape index (κ3) is 5.35. The van der Waals surface area contributed by atoms with Crippen molar-refractivity contribution in [3.63, 3.8) is 0 Å². The SMILES string of the molecule is CN1CN(C)[C](=[Pt])N1.IN(I)C1CCC1. The van der Waals surface area contributed by atoms with E-state index < -0.39 is 0 Å². The van der Waals surface area contributed by atoms with Crippen molar-refractivity contribution in [3.05, 3.63) is 0 Å². The molecule has 4 nitrogen and oxygen atoms in total. The van der Waals surface area contributed by atoms with Crippen LogP contribution in [0, 0.1) is 0 Å². The second-order valence-electron chi connectivity index (χ2n) is 3.75. The molecular weight excluding hydrogens is 601 g/mol. The van der Waals surface area contributed by atoms with E-state index in [4.69, 9.17) is 0 Å². The maximum absolute atomic E-state index is 3.13. The van der Waals surface area contributed by atoms with Crippen LogP contribution in [0.2, 0.25) is 0 Å². The number of hydrogen-bond donors (Lipinski definition) is 1. The minimum absolute atomic E-state index is 0.890. The molecule has 0 atom stereocenters. The van der Waals surface area contributed by atoms with E-state index in [9.17, 15) is 0 Å². The van der Waals surface area contributed by atoms with Gasteiger partial charge in [0.2, 0.25) is 0 Å². The molecule has 2 fully saturated rings. The summed E-state index contributed by atoms with van der Waals surface area (Å²) >= 11 is 6.93. The summed E-state index contributed by atoms with van der Waals surface area (Å²) in [6.45, 7) is 0.971. The molecule has 0 bridgehead atoms. The molecule has 0 aromatic carbocycles. The first-order valence-corrected chi connectivity index (χ1v) is 7.86. The first-order chi connectivity index (χ1) is 7.00. The van der Waals surface area contributed by atoms with Crippen molar-refractivity contribution in [1.82, 2.24) is 16.7 Å². The van der Waals surface area contributed by atoms with Crippen molar-refractivity contribution in [2.45, 2.75) is 25.3 Å². The molecule has 1 aliphatic heterocycles. The minimum Gasteiger partial charge on any atom is -0.185 e. The Bertz CT molecular complexity index is 223. The van der Waals surface area contributed by atoms with Gasteiger partial charge in [0.1, 0.15) is 0 Å². The van der Waals surface area contributed by atoms with Gasteiger partial charge in [-0.2, -0.15) is 1.33 Å². The molecule has 7 heteroatoms. The van der Waals surface area contributed by atoms with Crippen LogP contribution in [-0.2, 0) is 19.4 Å². The fraction of sp³-hybridized carbons (Fsp3) is 0.875. The normalized spacial score (nSPS) is 24.1. The molecule has 1 aliphatic carbocycles. The molecule has 1 saturated carbocycles. The largest absolute Gasteiger partial charge is 0.185 e. The van der Waals surface area contributed by atoms with E-state index in [-0.39, 0.29) is 0 Å². The molecule has 1 saturated heterocycles. The predicted octanol–water partition coefficient (Wildman–Crippen LogP) is 1.50. The van der Waals surface area contributed by atoms with Crippen LogP contribution in [-0.4, -0.2) is 42.2 Å². The second kappa shape index (κ2) is 7.33. The molecule has 0 spiro atoms. The molecule has 92 valence electrons. The maximum atomic E-state index is 3.13. The topological polar surface area (TPSA) is 21.8 Å². The summed E-state index contributed by atoms with van der Waals surface area (Å²) in [7, 11) is 4.07. The number of nitrogens with one attached hydrogen (secondary N) is 1. The van der Waals surface area contributed by atoms with Crippen LogP contribution in [0.3, 0.4) is 0 Å². The molecule has 0 radical (unpaired) electrons. The van der Waals surface area contributed by atoms with Crippen LogP contribution in [0.5, 0.6) is 0 Å². The summed E-state index contributed by atoms with van der Waals surface area (Å²) in [5.41, 5.74) is 3.13. The first-order valence-electron chi connectivity index (χ1n) is 4.79. The Morgan fingerprint density at radius 3 is 2.07 bits per heavy atom. The van der Waals surface area contributed by atoms with Gasteiger partial charge in [0, 0.05) is 51.8 Å². The summed E-state index contributed by atoms with van der Waals surface area (Å²) < 4.78 is 3.44. The number of hydrazine groups is 1. The van der Waals surface area contributed by atoms with Crippen molar-refractivity contribution in [2.24, 2.45) is 0 Å². The first kappa shape index (κ1) is 14.9. The number of rotatable bonds is 1. The zero-order valence-electron chi connectivity index (χ0n) is 8.82. The van der Waals surface area contributed by atoms with Crippen molar-refractivity contribution in [2.75, 3.05) is 20.8 Å². The fourth-order valence-corrected chi connectivity index (χ4v) is 2.93. The Labute approximate surface area is 130 Å². The van der Waals surface area contributed by atoms with Gasteiger partial charge in [0.05, 0.1) is 0 Å². The summed E-state index contributed by atoms with van der Waals surface area (Å²) in [6.07, 6.45) is 4.25. The van der Waals surface area contributed by atoms with Gasteiger partial charge >= 0.3 is 59.6 Å². The Balaban J connectivity index is 0.000000151. The van der Waals surface area contributed by atoms with Crippen LogP contribution < -0.4 is 5.43 Å². The molecule has 0 aromatic rings. The molecule has 2 aliphatic rings. The number of halogens is 2. The number of hydrogen-bond acceptors (Lipinski definition) is 4. The van der Waals surface area contributed by atoms with Gasteiger partial charge in [-0.05, 0) is 12.8 Å². The van der Waals surface area contributed by atoms with Gasteiger partial charge in [-0.25, -0.2) is 0 Å². The van der Waals surface area contributed by atoms with E-state index >= 15 is 0 Å². The van der Waals surface area contributed by atoms with Gasteiger partial charge in [0.25, 0.3) is 0 Å². The van der Waals surface area contributed by atoms with E-state index in [0.717, 1.165) is 12.7 Å². The molecule has 0 aromatic heterocycles. The molecular formula is C8H16I2N4Pt. The van der Waals surface area contributed by atoms with Crippen molar-refractivity contribution < 1.29 is 19.4 Å². The van der Waals surface area contributed by atoms with Crippen LogP contribution in [0.25, 0.3) is 0 Å². The van der Waals surface area contributed by atoms with Crippen LogP contribution in [0.15, 0.2) is 0 Å². The standard InChI is InChI=1S/C4H7I2N.C4H9N3.Pt/c5-7(6)4-2-1-3-4;1-6-3-5-7(2)4-6;/h4H,1-3H2;5H,4H2,1-2H3;. The van der Waals surface area contributed by atoms with Gasteiger partial charge in [0.15, 0.2) is 0 Å². The number of nitrogens with zero attached hydrogens (tertiary/aromatic N) is 3. The Morgan fingerprint density at radius 2 is 2.00 bits per heavy atom. The van der Waals surface area contributed by atoms with Gasteiger partial charge in [-0.15, -0.1) is 0 Å². The van der Waals surface area contributed by atoms with E-state index in [1.807, 2.05) is 12.1 Å². The van der Waals surface area contributed by atoms with E-state index in [1.54, 1.807) is 0 Å². The monoisotopic (exact) mass is 617 g/mol. The summed E-state index contributed by atoms with van der Waals surface area (Å²) in [6, 6.07) is 0.890. The van der Waals surface area contributed by atoms with E-state index in [2.05, 4.69) is 83.8 Å². The summed E-state index contributed by atoms with van der Waals surface area (Å²) in [5, 5.41) is 2.03. The Kier molecular flexibility index (Phi) is 7.29. The smallest absolute Gasteiger partial charge is 0.0311 e. The minimum atomic E-state index is 0.890. The van der Waals surface area contributed by atoms with Crippen molar-refractivity contribution >= 4 is 49.9 Å². The zero-order chi connectivity index (χ0) is 11.4.